The van der Waals surface area contributed by atoms with E-state index in [0.717, 1.165) is 4.47 Å². The average Bonchev–Trinajstić information content (AvgIpc) is 3.33. The van der Waals surface area contributed by atoms with Crippen LogP contribution in [0.4, 0.5) is 17.1 Å². The number of aryl methyl sites for hydroxylation is 1. The summed E-state index contributed by atoms with van der Waals surface area (Å²) < 4.78 is 2.21. The molecule has 1 N–H and O–H groups in total. The number of nitrogens with one attached hydrogen (secondary N) is 1. The molecule has 0 fully saturated rings. The van der Waals surface area contributed by atoms with Gasteiger partial charge in [0.25, 0.3) is 5.69 Å². The first-order valence-electron chi connectivity index (χ1n) is 8.62. The number of halogens is 1. The lowest BCUT2D eigenvalue weighted by Crippen LogP contribution is -2.13. The van der Waals surface area contributed by atoms with Crippen molar-refractivity contribution in [2.24, 2.45) is 10.2 Å². The zero-order chi connectivity index (χ0) is 21.3. The van der Waals surface area contributed by atoms with Crippen LogP contribution in [0.3, 0.4) is 0 Å². The van der Waals surface area contributed by atoms with Crippen LogP contribution in [-0.2, 0) is 0 Å². The summed E-state index contributed by atoms with van der Waals surface area (Å²) in [5.74, 6) is 0. The molecule has 0 saturated carbocycles. The maximum Gasteiger partial charge on any atom is 0.301 e. The van der Waals surface area contributed by atoms with E-state index in [2.05, 4.69) is 36.2 Å². The Morgan fingerprint density at radius 2 is 1.97 bits per heavy atom. The lowest BCUT2D eigenvalue weighted by molar-refractivity contribution is -0.384. The molecule has 11 heteroatoms. The van der Waals surface area contributed by atoms with Crippen molar-refractivity contribution in [1.82, 2.24) is 14.8 Å². The number of H-pyrrole nitrogens is 1. The standard InChI is InChI=1S/C19H13BrN6O3S/c1-11-17(23-22-14-7-5-13(20)6-8-14)18(27)25(24-11)19-21-16(10-30-19)12-3-2-4-15(9-12)26(28)29/h2-10,24H,1H3. The first kappa shape index (κ1) is 19.9. The predicted octanol–water partition coefficient (Wildman–Crippen LogP) is 5.68. The summed E-state index contributed by atoms with van der Waals surface area (Å²) in [6.45, 7) is 1.73. The van der Waals surface area contributed by atoms with Gasteiger partial charge < -0.3 is 0 Å². The summed E-state index contributed by atoms with van der Waals surface area (Å²) in [6, 6.07) is 13.4. The van der Waals surface area contributed by atoms with Gasteiger partial charge in [-0.3, -0.25) is 20.0 Å². The van der Waals surface area contributed by atoms with E-state index in [1.165, 1.54) is 28.2 Å². The number of rotatable bonds is 5. The van der Waals surface area contributed by atoms with E-state index >= 15 is 0 Å². The number of azo groups is 1. The van der Waals surface area contributed by atoms with Crippen molar-refractivity contribution in [2.75, 3.05) is 0 Å². The van der Waals surface area contributed by atoms with Crippen LogP contribution in [0.2, 0.25) is 0 Å². The number of nitro benzene ring substituents is 1. The van der Waals surface area contributed by atoms with Crippen LogP contribution >= 0.6 is 27.3 Å². The van der Waals surface area contributed by atoms with E-state index in [9.17, 15) is 14.9 Å². The number of aromatic amines is 1. The van der Waals surface area contributed by atoms with E-state index in [1.807, 2.05) is 12.1 Å². The van der Waals surface area contributed by atoms with Crippen molar-refractivity contribution in [3.05, 3.63) is 84.5 Å². The zero-order valence-electron chi connectivity index (χ0n) is 15.4. The number of nitro groups is 1. The van der Waals surface area contributed by atoms with Crippen molar-refractivity contribution in [1.29, 1.82) is 0 Å². The Balaban J connectivity index is 1.65. The number of thiazole rings is 1. The normalized spacial score (nSPS) is 11.3. The molecule has 2 aromatic heterocycles. The Hall–Kier alpha value is -3.44. The predicted molar refractivity (Wildman–Crippen MR) is 117 cm³/mol. The van der Waals surface area contributed by atoms with Gasteiger partial charge >= 0.3 is 5.56 Å². The molecule has 150 valence electrons. The lowest BCUT2D eigenvalue weighted by Gasteiger charge is -1.97. The van der Waals surface area contributed by atoms with Gasteiger partial charge in [0.15, 0.2) is 5.69 Å². The zero-order valence-corrected chi connectivity index (χ0v) is 17.8. The van der Waals surface area contributed by atoms with E-state index in [1.54, 1.807) is 36.6 Å². The second-order valence-corrected chi connectivity index (χ2v) is 7.98. The monoisotopic (exact) mass is 484 g/mol. The number of benzene rings is 2. The Labute approximate surface area is 182 Å². The van der Waals surface area contributed by atoms with Crippen molar-refractivity contribution < 1.29 is 4.92 Å². The molecule has 0 aliphatic carbocycles. The number of non-ortho nitro benzene ring substituents is 1. The van der Waals surface area contributed by atoms with Crippen LogP contribution in [0.1, 0.15) is 5.69 Å². The largest absolute Gasteiger partial charge is 0.301 e. The van der Waals surface area contributed by atoms with Gasteiger partial charge in [0.2, 0.25) is 5.13 Å². The molecule has 9 nitrogen and oxygen atoms in total. The van der Waals surface area contributed by atoms with Crippen LogP contribution in [0.5, 0.6) is 0 Å². The smallest absolute Gasteiger partial charge is 0.291 e. The Morgan fingerprint density at radius 3 is 2.70 bits per heavy atom. The highest BCUT2D eigenvalue weighted by Gasteiger charge is 2.16. The second kappa shape index (κ2) is 8.13. The van der Waals surface area contributed by atoms with Crippen LogP contribution in [0, 0.1) is 17.0 Å². The van der Waals surface area contributed by atoms with E-state index in [-0.39, 0.29) is 16.9 Å². The van der Waals surface area contributed by atoms with Gasteiger partial charge in [-0.05, 0) is 31.2 Å². The quantitative estimate of drug-likeness (QED) is 0.222. The second-order valence-electron chi connectivity index (χ2n) is 6.23. The molecule has 0 saturated heterocycles. The van der Waals surface area contributed by atoms with Crippen molar-refractivity contribution in [3.63, 3.8) is 0 Å². The van der Waals surface area contributed by atoms with Crippen LogP contribution in [-0.4, -0.2) is 19.7 Å². The van der Waals surface area contributed by atoms with Gasteiger partial charge in [0.05, 0.1) is 22.0 Å². The third kappa shape index (κ3) is 3.98. The number of nitrogens with zero attached hydrogens (tertiary/aromatic N) is 5. The van der Waals surface area contributed by atoms with Gasteiger partial charge in [-0.2, -0.15) is 9.80 Å². The SMILES string of the molecule is Cc1[nH]n(-c2nc(-c3cccc([N+](=O)[O-])c3)cs2)c(=O)c1N=Nc1ccc(Br)cc1. The summed E-state index contributed by atoms with van der Waals surface area (Å²) >= 11 is 4.59. The van der Waals surface area contributed by atoms with E-state index in [4.69, 9.17) is 0 Å². The Morgan fingerprint density at radius 1 is 1.20 bits per heavy atom. The molecule has 30 heavy (non-hydrogen) atoms. The molecule has 0 radical (unpaired) electrons. The van der Waals surface area contributed by atoms with Crippen LogP contribution < -0.4 is 5.56 Å². The molecule has 2 aromatic carbocycles. The highest BCUT2D eigenvalue weighted by molar-refractivity contribution is 9.10. The van der Waals surface area contributed by atoms with Crippen molar-refractivity contribution in [3.8, 4) is 16.4 Å². The Kier molecular flexibility index (Phi) is 5.38. The molecule has 0 amide bonds. The fourth-order valence-electron chi connectivity index (χ4n) is 2.68. The Bertz CT molecular complexity index is 1320. The van der Waals surface area contributed by atoms with Crippen molar-refractivity contribution in [2.45, 2.75) is 6.92 Å². The number of hydrogen-bond donors (Lipinski definition) is 1. The van der Waals surface area contributed by atoms with E-state index < -0.39 is 4.92 Å². The van der Waals surface area contributed by atoms with Gasteiger partial charge in [-0.25, -0.2) is 4.98 Å². The maximum absolute atomic E-state index is 12.8. The van der Waals surface area contributed by atoms with Crippen LogP contribution in [0.25, 0.3) is 16.4 Å². The van der Waals surface area contributed by atoms with Gasteiger partial charge in [-0.15, -0.1) is 16.5 Å². The highest BCUT2D eigenvalue weighted by atomic mass is 79.9. The molecule has 0 unspecified atom stereocenters. The summed E-state index contributed by atoms with van der Waals surface area (Å²) in [5.41, 5.74) is 2.08. The summed E-state index contributed by atoms with van der Waals surface area (Å²) in [4.78, 5) is 27.8. The number of aromatic nitrogens is 3. The van der Waals surface area contributed by atoms with Crippen LogP contribution in [0.15, 0.2) is 73.4 Å². The summed E-state index contributed by atoms with van der Waals surface area (Å²) in [7, 11) is 0. The average molecular weight is 485 g/mol. The minimum atomic E-state index is -0.460. The fourth-order valence-corrected chi connectivity index (χ4v) is 3.74. The summed E-state index contributed by atoms with van der Waals surface area (Å²) in [5, 5.41) is 24.3. The van der Waals surface area contributed by atoms with Gasteiger partial charge in [0, 0.05) is 27.5 Å². The fraction of sp³-hybridized carbons (Fsp3) is 0.0526. The molecule has 4 rings (SSSR count). The molecule has 4 aromatic rings. The third-order valence-corrected chi connectivity index (χ3v) is 5.52. The molecule has 0 atom stereocenters. The van der Waals surface area contributed by atoms with Gasteiger partial charge in [-0.1, -0.05) is 28.1 Å². The highest BCUT2D eigenvalue weighted by Crippen LogP contribution is 2.27. The molecule has 0 aliphatic rings. The third-order valence-electron chi connectivity index (χ3n) is 4.17. The molecule has 0 bridgehead atoms. The lowest BCUT2D eigenvalue weighted by atomic mass is 10.1. The first-order chi connectivity index (χ1) is 14.4. The minimum absolute atomic E-state index is 0.0226. The molecule has 2 heterocycles. The van der Waals surface area contributed by atoms with Gasteiger partial charge in [0.1, 0.15) is 0 Å². The molecular formula is C19H13BrN6O3S. The van der Waals surface area contributed by atoms with E-state index in [0.29, 0.717) is 27.8 Å². The molecule has 0 spiro atoms. The maximum atomic E-state index is 12.8. The topological polar surface area (TPSA) is 119 Å². The molecular weight excluding hydrogens is 472 g/mol. The molecule has 0 aliphatic heterocycles. The number of hydrogen-bond acceptors (Lipinski definition) is 7. The first-order valence-corrected chi connectivity index (χ1v) is 10.3. The van der Waals surface area contributed by atoms with Crippen molar-refractivity contribution >= 4 is 44.3 Å². The minimum Gasteiger partial charge on any atom is -0.291 e. The summed E-state index contributed by atoms with van der Waals surface area (Å²) in [6.07, 6.45) is 0.